The average Bonchev–Trinajstić information content (AvgIpc) is 1.47. The first kappa shape index (κ1) is 58.8. The molecule has 18 aromatic rings. The van der Waals surface area contributed by atoms with Gasteiger partial charge in [0.05, 0.1) is 61.8 Å². The molecule has 0 unspecified atom stereocenters. The molecule has 3 aromatic heterocycles. The number of fused-ring (bicyclic) bond motifs is 12. The van der Waals surface area contributed by atoms with Gasteiger partial charge in [0.15, 0.2) is 0 Å². The van der Waals surface area contributed by atoms with Crippen LogP contribution < -0.4 is 9.80 Å². The van der Waals surface area contributed by atoms with Gasteiger partial charge in [-0.05, 0) is 203 Å². The van der Waals surface area contributed by atoms with E-state index in [1.54, 1.807) is 0 Å². The maximum Gasteiger partial charge on any atom is 0.0991 e. The molecule has 7 nitrogen and oxygen atoms in total. The minimum Gasteiger partial charge on any atom is -0.310 e. The molecule has 0 saturated carbocycles. The summed E-state index contributed by atoms with van der Waals surface area (Å²) in [5.41, 5.74) is 24.7. The van der Waals surface area contributed by atoms with Crippen molar-refractivity contribution < 1.29 is 0 Å². The highest BCUT2D eigenvalue weighted by Gasteiger charge is 2.46. The van der Waals surface area contributed by atoms with Crippen LogP contribution in [0.3, 0.4) is 0 Å². The number of hydrogen-bond acceptors (Lipinski definition) is 4. The van der Waals surface area contributed by atoms with Crippen LogP contribution >= 0.6 is 0 Å². The maximum absolute atomic E-state index is 9.72. The number of hydrogen-bond donors (Lipinski definition) is 0. The van der Waals surface area contributed by atoms with E-state index >= 15 is 0 Å². The fourth-order valence-corrected chi connectivity index (χ4v) is 15.7. The Labute approximate surface area is 579 Å². The van der Waals surface area contributed by atoms with Crippen molar-refractivity contribution in [3.63, 3.8) is 0 Å². The Balaban J connectivity index is 0.000000145. The number of rotatable bonds is 11. The van der Waals surface area contributed by atoms with Gasteiger partial charge in [-0.1, -0.05) is 200 Å². The number of aromatic nitrogens is 3. The Hall–Kier alpha value is -13.7. The highest BCUT2D eigenvalue weighted by Crippen LogP contribution is 2.57. The molecule has 0 atom stereocenters. The third-order valence-electron chi connectivity index (χ3n) is 20.0. The molecule has 100 heavy (non-hydrogen) atoms. The van der Waals surface area contributed by atoms with E-state index in [9.17, 15) is 10.5 Å². The monoisotopic (exact) mass is 1280 g/mol. The smallest absolute Gasteiger partial charge is 0.0991 e. The van der Waals surface area contributed by atoms with Gasteiger partial charge < -0.3 is 23.5 Å². The van der Waals surface area contributed by atoms with Gasteiger partial charge in [-0.2, -0.15) is 10.5 Å². The van der Waals surface area contributed by atoms with Gasteiger partial charge in [0.25, 0.3) is 0 Å². The topological polar surface area (TPSA) is 68.8 Å². The SMILES string of the molecule is N#Cc1ccc(N(c2ccc3c(c2)C(c2ccccc2)(c2ccccc2)c2ccccc2-3)c2ccc3c(c2)c2ccccc2n3-c2ccccc2)cc1.N#Cc1ccc(N(c2ccc3c(c2)c2ccccc2n3-c2ccccc2)c2ccc3c(c2)c2ccccc2n3-c2ccccc2)cc1. The molecule has 0 saturated heterocycles. The summed E-state index contributed by atoms with van der Waals surface area (Å²) in [7, 11) is 0. The molecular weight excluding hydrogens is 1220 g/mol. The summed E-state index contributed by atoms with van der Waals surface area (Å²) in [6.45, 7) is 0. The summed E-state index contributed by atoms with van der Waals surface area (Å²) in [6.07, 6.45) is 0. The zero-order chi connectivity index (χ0) is 66.7. The van der Waals surface area contributed by atoms with Gasteiger partial charge in [-0.15, -0.1) is 0 Å². The predicted octanol–water partition coefficient (Wildman–Crippen LogP) is 23.7. The fraction of sp³-hybridized carbons (Fsp3) is 0.0108. The van der Waals surface area contributed by atoms with Crippen LogP contribution in [-0.2, 0) is 5.41 Å². The summed E-state index contributed by atoms with van der Waals surface area (Å²) in [5, 5.41) is 26.4. The third kappa shape index (κ3) is 9.64. The average molecular weight is 1280 g/mol. The van der Waals surface area contributed by atoms with Crippen LogP contribution in [-0.4, -0.2) is 13.7 Å². The Bertz CT molecular complexity index is 6020. The highest BCUT2D eigenvalue weighted by atomic mass is 15.2. The third-order valence-corrected chi connectivity index (χ3v) is 20.0. The number of benzene rings is 15. The minimum absolute atomic E-state index is 0.520. The predicted molar refractivity (Wildman–Crippen MR) is 412 cm³/mol. The van der Waals surface area contributed by atoms with Crippen LogP contribution in [0.15, 0.2) is 370 Å². The number of anilines is 6. The first-order valence-corrected chi connectivity index (χ1v) is 33.8. The molecule has 7 heteroatoms. The molecule has 0 amide bonds. The van der Waals surface area contributed by atoms with E-state index in [2.05, 4.69) is 369 Å². The fourth-order valence-electron chi connectivity index (χ4n) is 15.7. The summed E-state index contributed by atoms with van der Waals surface area (Å²) >= 11 is 0. The summed E-state index contributed by atoms with van der Waals surface area (Å²) < 4.78 is 7.02. The van der Waals surface area contributed by atoms with E-state index in [1.165, 1.54) is 82.2 Å². The normalized spacial score (nSPS) is 12.1. The van der Waals surface area contributed by atoms with Crippen molar-refractivity contribution in [3.8, 4) is 40.3 Å². The van der Waals surface area contributed by atoms with Crippen molar-refractivity contribution in [3.05, 3.63) is 403 Å². The van der Waals surface area contributed by atoms with E-state index in [0.29, 0.717) is 11.1 Å². The zero-order valence-electron chi connectivity index (χ0n) is 54.3. The molecule has 0 bridgehead atoms. The molecule has 0 aliphatic heterocycles. The van der Waals surface area contributed by atoms with Gasteiger partial charge in [0.1, 0.15) is 0 Å². The lowest BCUT2D eigenvalue weighted by Gasteiger charge is -2.35. The maximum atomic E-state index is 9.72. The van der Waals surface area contributed by atoms with Crippen molar-refractivity contribution in [2.45, 2.75) is 5.41 Å². The number of nitrogens with zero attached hydrogens (tertiary/aromatic N) is 7. The molecule has 3 heterocycles. The molecule has 19 rings (SSSR count). The largest absolute Gasteiger partial charge is 0.310 e. The Morgan fingerprint density at radius 3 is 0.900 bits per heavy atom. The Kier molecular flexibility index (Phi) is 14.4. The standard InChI is InChI=1S/C50H33N3.C43H28N4/c51-34-35-24-26-39(27-25-35)52(40-29-31-49-45(32-40)44-21-11-13-23-48(44)53(49)38-18-8-3-9-19-38)41-28-30-43-42-20-10-12-22-46(42)50(47(43)33-41,36-14-4-1-5-15-36)37-16-6-2-7-17-37;44-29-30-19-21-33(22-20-30)45(34-23-25-42-38(27-34)36-15-7-9-17-40(36)46(42)31-11-3-1-4-12-31)35-24-26-43-39(28-35)37-16-8-10-18-41(37)47(43)32-13-5-2-6-14-32/h1-33H;1-28H. The molecule has 0 spiro atoms. The van der Waals surface area contributed by atoms with Gasteiger partial charge >= 0.3 is 0 Å². The van der Waals surface area contributed by atoms with E-state index in [0.717, 1.165) is 67.7 Å². The van der Waals surface area contributed by atoms with Crippen molar-refractivity contribution in [1.82, 2.24) is 13.7 Å². The highest BCUT2D eigenvalue weighted by molar-refractivity contribution is 6.14. The molecular formula is C93H61N7. The van der Waals surface area contributed by atoms with Crippen molar-refractivity contribution in [1.29, 1.82) is 10.5 Å². The quantitative estimate of drug-likeness (QED) is 0.129. The van der Waals surface area contributed by atoms with Crippen molar-refractivity contribution in [2.75, 3.05) is 9.80 Å². The van der Waals surface area contributed by atoms with Gasteiger partial charge in [-0.3, -0.25) is 0 Å². The van der Waals surface area contributed by atoms with Crippen LogP contribution in [0.5, 0.6) is 0 Å². The van der Waals surface area contributed by atoms with Gasteiger partial charge in [-0.25, -0.2) is 0 Å². The summed E-state index contributed by atoms with van der Waals surface area (Å²) in [4.78, 5) is 4.63. The number of para-hydroxylation sites is 6. The van der Waals surface area contributed by atoms with E-state index in [1.807, 2.05) is 36.4 Å². The Morgan fingerprint density at radius 1 is 0.230 bits per heavy atom. The molecule has 15 aromatic carbocycles. The van der Waals surface area contributed by atoms with Crippen molar-refractivity contribution >= 4 is 99.5 Å². The lowest BCUT2D eigenvalue weighted by Crippen LogP contribution is -2.28. The molecule has 1 aliphatic carbocycles. The zero-order valence-corrected chi connectivity index (χ0v) is 54.3. The van der Waals surface area contributed by atoms with Crippen LogP contribution in [0.2, 0.25) is 0 Å². The first-order chi connectivity index (χ1) is 49.5. The van der Waals surface area contributed by atoms with Gasteiger partial charge in [0, 0.05) is 83.5 Å². The summed E-state index contributed by atoms with van der Waals surface area (Å²) in [6, 6.07) is 136. The second-order valence-corrected chi connectivity index (χ2v) is 25.4. The van der Waals surface area contributed by atoms with Crippen LogP contribution in [0.4, 0.5) is 34.1 Å². The number of nitriles is 2. The second-order valence-electron chi connectivity index (χ2n) is 25.4. The second kappa shape index (κ2) is 24.5. The Morgan fingerprint density at radius 2 is 0.520 bits per heavy atom. The van der Waals surface area contributed by atoms with Crippen LogP contribution in [0, 0.1) is 22.7 Å². The molecule has 0 fully saturated rings. The first-order valence-electron chi connectivity index (χ1n) is 33.8. The molecule has 0 N–H and O–H groups in total. The van der Waals surface area contributed by atoms with Crippen LogP contribution in [0.25, 0.3) is 93.6 Å². The minimum atomic E-state index is -0.520. The molecule has 0 radical (unpaired) electrons. The lowest BCUT2D eigenvalue weighted by atomic mass is 9.67. The molecule has 468 valence electrons. The van der Waals surface area contributed by atoms with Crippen molar-refractivity contribution in [2.24, 2.45) is 0 Å². The lowest BCUT2D eigenvalue weighted by molar-refractivity contribution is 0.768. The van der Waals surface area contributed by atoms with E-state index < -0.39 is 5.41 Å². The van der Waals surface area contributed by atoms with E-state index in [4.69, 9.17) is 0 Å². The van der Waals surface area contributed by atoms with Crippen LogP contribution in [0.1, 0.15) is 33.4 Å². The van der Waals surface area contributed by atoms with Gasteiger partial charge in [0.2, 0.25) is 0 Å². The van der Waals surface area contributed by atoms with E-state index in [-0.39, 0.29) is 0 Å². The summed E-state index contributed by atoms with van der Waals surface area (Å²) in [5.74, 6) is 0. The molecule has 1 aliphatic rings.